The Bertz CT molecular complexity index is 93.7. The second kappa shape index (κ2) is 3.83. The molecule has 0 aromatic carbocycles. The van der Waals surface area contributed by atoms with Crippen LogP contribution in [0.2, 0.25) is 0 Å². The second-order valence-electron chi connectivity index (χ2n) is 2.21. The van der Waals surface area contributed by atoms with Crippen molar-refractivity contribution in [1.82, 2.24) is 0 Å². The number of hydrogen-bond acceptors (Lipinski definition) is 2. The fourth-order valence-electron chi connectivity index (χ4n) is 0.705. The van der Waals surface area contributed by atoms with E-state index >= 15 is 0 Å². The summed E-state index contributed by atoms with van der Waals surface area (Å²) in [4.78, 5) is 0. The summed E-state index contributed by atoms with van der Waals surface area (Å²) in [5, 5.41) is 0. The quantitative estimate of drug-likeness (QED) is 0.599. The zero-order valence-electron chi connectivity index (χ0n) is 5.56. The minimum atomic E-state index is -2.36. The molecule has 1 rings (SSSR count). The van der Waals surface area contributed by atoms with E-state index in [1.54, 1.807) is 0 Å². The average Bonchev–Trinajstić information content (AvgIpc) is 1.75. The molecule has 1 heterocycles. The third-order valence-corrected chi connectivity index (χ3v) is 1.34. The zero-order valence-corrected chi connectivity index (χ0v) is 5.56. The van der Waals surface area contributed by atoms with E-state index in [4.69, 9.17) is 4.74 Å². The maximum absolute atomic E-state index is 11.4. The zero-order chi connectivity index (χ0) is 7.40. The third kappa shape index (κ3) is 2.58. The van der Waals surface area contributed by atoms with Crippen LogP contribution in [0.1, 0.15) is 6.42 Å². The number of ether oxygens (including phenoxy) is 2. The van der Waals surface area contributed by atoms with Crippen molar-refractivity contribution in [1.29, 1.82) is 0 Å². The molecule has 0 aromatic heterocycles. The fraction of sp³-hybridized carbons (Fsp3) is 1.00. The molecule has 0 radical (unpaired) electrons. The van der Waals surface area contributed by atoms with Crippen LogP contribution < -0.4 is 0 Å². The Balaban J connectivity index is 1.85. The molecular formula is C6H10F2O2. The summed E-state index contributed by atoms with van der Waals surface area (Å²) in [7, 11) is 0. The summed E-state index contributed by atoms with van der Waals surface area (Å²) in [6.07, 6.45) is -1.36. The van der Waals surface area contributed by atoms with Crippen molar-refractivity contribution in [2.45, 2.75) is 19.0 Å². The largest absolute Gasteiger partial charge is 0.376 e. The maximum atomic E-state index is 11.4. The molecule has 10 heavy (non-hydrogen) atoms. The van der Waals surface area contributed by atoms with E-state index in [0.29, 0.717) is 6.61 Å². The van der Waals surface area contributed by atoms with Gasteiger partial charge in [-0.15, -0.1) is 0 Å². The van der Waals surface area contributed by atoms with Gasteiger partial charge in [-0.05, 0) is 6.42 Å². The van der Waals surface area contributed by atoms with Gasteiger partial charge in [-0.1, -0.05) is 0 Å². The lowest BCUT2D eigenvalue weighted by atomic mass is 10.2. The lowest BCUT2D eigenvalue weighted by Crippen LogP contribution is -2.32. The van der Waals surface area contributed by atoms with Crippen molar-refractivity contribution in [3.05, 3.63) is 0 Å². The molecule has 0 N–H and O–H groups in total. The van der Waals surface area contributed by atoms with Crippen LogP contribution in [0.25, 0.3) is 0 Å². The first-order valence-corrected chi connectivity index (χ1v) is 3.26. The van der Waals surface area contributed by atoms with Gasteiger partial charge in [0.25, 0.3) is 6.43 Å². The van der Waals surface area contributed by atoms with Gasteiger partial charge >= 0.3 is 0 Å². The molecule has 2 nitrogen and oxygen atoms in total. The summed E-state index contributed by atoms with van der Waals surface area (Å²) in [6, 6.07) is 0. The molecule has 4 heteroatoms. The molecular weight excluding hydrogens is 142 g/mol. The Morgan fingerprint density at radius 2 is 2.30 bits per heavy atom. The monoisotopic (exact) mass is 152 g/mol. The highest BCUT2D eigenvalue weighted by atomic mass is 19.3. The van der Waals surface area contributed by atoms with E-state index < -0.39 is 13.0 Å². The number of hydrogen-bond donors (Lipinski definition) is 0. The number of halogens is 2. The van der Waals surface area contributed by atoms with Crippen molar-refractivity contribution in [2.24, 2.45) is 0 Å². The molecule has 0 aromatic rings. The lowest BCUT2D eigenvalue weighted by molar-refractivity contribution is -0.106. The Morgan fingerprint density at radius 1 is 1.60 bits per heavy atom. The Labute approximate surface area is 58.1 Å². The predicted octanol–water partition coefficient (Wildman–Crippen LogP) is 1.06. The average molecular weight is 152 g/mol. The minimum Gasteiger partial charge on any atom is -0.376 e. The van der Waals surface area contributed by atoms with Gasteiger partial charge in [0, 0.05) is 6.61 Å². The molecule has 0 bridgehead atoms. The van der Waals surface area contributed by atoms with Crippen molar-refractivity contribution < 1.29 is 18.3 Å². The van der Waals surface area contributed by atoms with E-state index in [9.17, 15) is 8.78 Å². The van der Waals surface area contributed by atoms with Crippen LogP contribution in [0, 0.1) is 0 Å². The Hall–Kier alpha value is -0.220. The van der Waals surface area contributed by atoms with Gasteiger partial charge in [0.05, 0.1) is 12.7 Å². The van der Waals surface area contributed by atoms with Crippen LogP contribution in [0.4, 0.5) is 8.78 Å². The first kappa shape index (κ1) is 7.88. The van der Waals surface area contributed by atoms with E-state index in [0.717, 1.165) is 13.0 Å². The fourth-order valence-corrected chi connectivity index (χ4v) is 0.705. The lowest BCUT2D eigenvalue weighted by Gasteiger charge is -2.25. The van der Waals surface area contributed by atoms with Gasteiger partial charge in [0.1, 0.15) is 6.61 Å². The van der Waals surface area contributed by atoms with Crippen LogP contribution in [-0.4, -0.2) is 32.4 Å². The maximum Gasteiger partial charge on any atom is 0.261 e. The number of rotatable bonds is 4. The molecule has 0 amide bonds. The van der Waals surface area contributed by atoms with Gasteiger partial charge < -0.3 is 9.47 Å². The van der Waals surface area contributed by atoms with Gasteiger partial charge in [-0.3, -0.25) is 0 Å². The van der Waals surface area contributed by atoms with Crippen LogP contribution in [0.3, 0.4) is 0 Å². The van der Waals surface area contributed by atoms with Crippen LogP contribution in [0.15, 0.2) is 0 Å². The van der Waals surface area contributed by atoms with Crippen LogP contribution >= 0.6 is 0 Å². The molecule has 1 aliphatic heterocycles. The standard InChI is InChI=1S/C6H10F2O2/c7-6(8)4-9-3-5-1-2-10-5/h5-6H,1-4H2. The van der Waals surface area contributed by atoms with E-state index in [-0.39, 0.29) is 6.10 Å². The molecule has 0 spiro atoms. The molecule has 1 saturated heterocycles. The first-order valence-electron chi connectivity index (χ1n) is 3.26. The highest BCUT2D eigenvalue weighted by molar-refractivity contribution is 4.64. The molecule has 1 aliphatic rings. The minimum absolute atomic E-state index is 0.0683. The third-order valence-electron chi connectivity index (χ3n) is 1.34. The molecule has 0 saturated carbocycles. The van der Waals surface area contributed by atoms with Crippen molar-refractivity contribution in [3.8, 4) is 0 Å². The Kier molecular flexibility index (Phi) is 3.02. The van der Waals surface area contributed by atoms with Crippen molar-refractivity contribution in [3.63, 3.8) is 0 Å². The molecule has 1 fully saturated rings. The summed E-state index contributed by atoms with van der Waals surface area (Å²) >= 11 is 0. The van der Waals surface area contributed by atoms with Crippen LogP contribution in [0.5, 0.6) is 0 Å². The van der Waals surface area contributed by atoms with Gasteiger partial charge in [0.2, 0.25) is 0 Å². The Morgan fingerprint density at radius 3 is 2.70 bits per heavy atom. The van der Waals surface area contributed by atoms with E-state index in [2.05, 4.69) is 4.74 Å². The summed E-state index contributed by atoms with van der Waals surface area (Å²) < 4.78 is 32.4. The summed E-state index contributed by atoms with van der Waals surface area (Å²) in [5.41, 5.74) is 0. The van der Waals surface area contributed by atoms with E-state index in [1.165, 1.54) is 0 Å². The first-order chi connectivity index (χ1) is 4.79. The van der Waals surface area contributed by atoms with Crippen LogP contribution in [-0.2, 0) is 9.47 Å². The molecule has 1 unspecified atom stereocenters. The SMILES string of the molecule is FC(F)COCC1CCO1. The molecule has 0 aliphatic carbocycles. The second-order valence-corrected chi connectivity index (χ2v) is 2.21. The predicted molar refractivity (Wildman–Crippen MR) is 31.2 cm³/mol. The van der Waals surface area contributed by atoms with Gasteiger partial charge in [-0.25, -0.2) is 8.78 Å². The number of alkyl halides is 2. The summed E-state index contributed by atoms with van der Waals surface area (Å²) in [6.45, 7) is 0.576. The van der Waals surface area contributed by atoms with E-state index in [1.807, 2.05) is 0 Å². The smallest absolute Gasteiger partial charge is 0.261 e. The topological polar surface area (TPSA) is 18.5 Å². The van der Waals surface area contributed by atoms with Crippen molar-refractivity contribution in [2.75, 3.05) is 19.8 Å². The highest BCUT2D eigenvalue weighted by Crippen LogP contribution is 2.10. The summed E-state index contributed by atoms with van der Waals surface area (Å²) in [5.74, 6) is 0. The highest BCUT2D eigenvalue weighted by Gasteiger charge is 2.18. The van der Waals surface area contributed by atoms with Gasteiger partial charge in [0.15, 0.2) is 0 Å². The molecule has 60 valence electrons. The van der Waals surface area contributed by atoms with Crippen molar-refractivity contribution >= 4 is 0 Å². The van der Waals surface area contributed by atoms with Gasteiger partial charge in [-0.2, -0.15) is 0 Å². The molecule has 1 atom stereocenters. The normalized spacial score (nSPS) is 24.9.